The molecule has 5 nitrogen and oxygen atoms in total. The van der Waals surface area contributed by atoms with Crippen LogP contribution in [0.2, 0.25) is 0 Å². The lowest BCUT2D eigenvalue weighted by Crippen LogP contribution is -2.32. The zero-order valence-corrected chi connectivity index (χ0v) is 13.7. The minimum absolute atomic E-state index is 0.0795. The number of para-hydroxylation sites is 1. The van der Waals surface area contributed by atoms with Crippen molar-refractivity contribution in [2.45, 2.75) is 20.3 Å². The van der Waals surface area contributed by atoms with E-state index in [1.807, 2.05) is 55.9 Å². The number of carbonyl (C=O) groups excluding carboxylic acids is 1. The van der Waals surface area contributed by atoms with E-state index in [0.29, 0.717) is 19.6 Å². The van der Waals surface area contributed by atoms with Crippen molar-refractivity contribution in [2.24, 2.45) is 7.05 Å². The van der Waals surface area contributed by atoms with Crippen LogP contribution in [0.1, 0.15) is 17.0 Å². The van der Waals surface area contributed by atoms with Gasteiger partial charge in [0.2, 0.25) is 5.91 Å². The molecule has 0 spiro atoms. The van der Waals surface area contributed by atoms with Gasteiger partial charge in [-0.25, -0.2) is 0 Å². The molecule has 1 aromatic heterocycles. The highest BCUT2D eigenvalue weighted by atomic mass is 16.5. The minimum atomic E-state index is 0.0795. The fourth-order valence-corrected chi connectivity index (χ4v) is 2.30. The number of benzene rings is 1. The molecule has 0 saturated carbocycles. The molecule has 118 valence electrons. The fourth-order valence-electron chi connectivity index (χ4n) is 2.30. The van der Waals surface area contributed by atoms with Gasteiger partial charge in [-0.2, -0.15) is 5.10 Å². The van der Waals surface area contributed by atoms with E-state index in [1.54, 1.807) is 11.9 Å². The number of aromatic nitrogens is 2. The molecule has 0 aliphatic heterocycles. The molecule has 0 aliphatic rings. The van der Waals surface area contributed by atoms with Gasteiger partial charge in [0.05, 0.1) is 18.7 Å². The summed E-state index contributed by atoms with van der Waals surface area (Å²) >= 11 is 0. The number of ether oxygens (including phenoxy) is 1. The van der Waals surface area contributed by atoms with Crippen LogP contribution in [0.25, 0.3) is 0 Å². The van der Waals surface area contributed by atoms with Gasteiger partial charge in [-0.15, -0.1) is 0 Å². The van der Waals surface area contributed by atoms with Gasteiger partial charge >= 0.3 is 0 Å². The fraction of sp³-hybridized carbons (Fsp3) is 0.412. The molecule has 0 fully saturated rings. The van der Waals surface area contributed by atoms with Crippen molar-refractivity contribution in [3.05, 3.63) is 47.3 Å². The van der Waals surface area contributed by atoms with Crippen molar-refractivity contribution >= 4 is 5.91 Å². The van der Waals surface area contributed by atoms with Crippen LogP contribution in [0, 0.1) is 13.8 Å². The van der Waals surface area contributed by atoms with Crippen LogP contribution in [0.5, 0.6) is 5.75 Å². The minimum Gasteiger partial charge on any atom is -0.492 e. The monoisotopic (exact) mass is 301 g/mol. The van der Waals surface area contributed by atoms with Crippen molar-refractivity contribution < 1.29 is 9.53 Å². The van der Waals surface area contributed by atoms with Gasteiger partial charge in [0.1, 0.15) is 12.4 Å². The third-order valence-corrected chi connectivity index (χ3v) is 3.85. The Bertz CT molecular complexity index is 635. The van der Waals surface area contributed by atoms with E-state index in [4.69, 9.17) is 4.74 Å². The molecule has 5 heteroatoms. The number of rotatable bonds is 6. The number of hydrogen-bond donors (Lipinski definition) is 0. The summed E-state index contributed by atoms with van der Waals surface area (Å²) in [7, 11) is 3.70. The van der Waals surface area contributed by atoms with Crippen molar-refractivity contribution in [3.8, 4) is 5.75 Å². The third kappa shape index (κ3) is 3.87. The van der Waals surface area contributed by atoms with Crippen LogP contribution in [-0.2, 0) is 18.3 Å². The molecular formula is C17H23N3O2. The first-order valence-electron chi connectivity index (χ1n) is 7.40. The second-order valence-corrected chi connectivity index (χ2v) is 5.43. The highest BCUT2D eigenvalue weighted by Gasteiger charge is 2.16. The molecule has 0 bridgehead atoms. The maximum absolute atomic E-state index is 12.3. The van der Waals surface area contributed by atoms with Crippen molar-refractivity contribution in [1.82, 2.24) is 14.7 Å². The maximum Gasteiger partial charge on any atom is 0.226 e. The predicted molar refractivity (Wildman–Crippen MR) is 86.0 cm³/mol. The highest BCUT2D eigenvalue weighted by molar-refractivity contribution is 5.79. The molecule has 2 aromatic rings. The summed E-state index contributed by atoms with van der Waals surface area (Å²) in [5, 5.41) is 4.35. The predicted octanol–water partition coefficient (Wildman–Crippen LogP) is 2.12. The molecule has 0 aliphatic carbocycles. The molecular weight excluding hydrogens is 278 g/mol. The molecule has 0 unspecified atom stereocenters. The van der Waals surface area contributed by atoms with E-state index in [9.17, 15) is 4.79 Å². The Kier molecular flexibility index (Phi) is 5.20. The van der Waals surface area contributed by atoms with E-state index in [0.717, 1.165) is 22.7 Å². The van der Waals surface area contributed by atoms with Gasteiger partial charge in [-0.1, -0.05) is 18.2 Å². The average molecular weight is 301 g/mol. The Balaban J connectivity index is 1.84. The highest BCUT2D eigenvalue weighted by Crippen LogP contribution is 2.13. The summed E-state index contributed by atoms with van der Waals surface area (Å²) < 4.78 is 7.43. The number of amides is 1. The Morgan fingerprint density at radius 3 is 2.55 bits per heavy atom. The van der Waals surface area contributed by atoms with Crippen LogP contribution < -0.4 is 4.74 Å². The molecule has 1 heterocycles. The summed E-state index contributed by atoms with van der Waals surface area (Å²) in [6, 6.07) is 9.62. The number of carbonyl (C=O) groups is 1. The molecule has 2 rings (SSSR count). The standard InChI is InChI=1S/C17H23N3O2/c1-13-16(14(2)20(4)18-13)12-17(21)19(3)10-11-22-15-8-6-5-7-9-15/h5-9H,10-12H2,1-4H3. The summed E-state index contributed by atoms with van der Waals surface area (Å²) in [5.74, 6) is 0.901. The summed E-state index contributed by atoms with van der Waals surface area (Å²) in [6.45, 7) is 4.97. The van der Waals surface area contributed by atoms with Crippen LogP contribution in [0.4, 0.5) is 0 Å². The van der Waals surface area contributed by atoms with Crippen LogP contribution in [-0.4, -0.2) is 40.8 Å². The Labute approximate surface area is 131 Å². The van der Waals surface area contributed by atoms with E-state index in [-0.39, 0.29) is 5.91 Å². The van der Waals surface area contributed by atoms with Gasteiger partial charge in [-0.05, 0) is 26.0 Å². The van der Waals surface area contributed by atoms with Crippen LogP contribution in [0.3, 0.4) is 0 Å². The lowest BCUT2D eigenvalue weighted by Gasteiger charge is -2.17. The van der Waals surface area contributed by atoms with Crippen molar-refractivity contribution in [2.75, 3.05) is 20.2 Å². The summed E-state index contributed by atoms with van der Waals surface area (Å²) in [5.41, 5.74) is 2.98. The lowest BCUT2D eigenvalue weighted by molar-refractivity contribution is -0.129. The first-order valence-corrected chi connectivity index (χ1v) is 7.40. The number of likely N-dealkylation sites (N-methyl/N-ethyl adjacent to an activating group) is 1. The van der Waals surface area contributed by atoms with Crippen molar-refractivity contribution in [1.29, 1.82) is 0 Å². The summed E-state index contributed by atoms with van der Waals surface area (Å²) in [4.78, 5) is 14.0. The first kappa shape index (κ1) is 16.1. The molecule has 0 radical (unpaired) electrons. The first-order chi connectivity index (χ1) is 10.5. The second kappa shape index (κ2) is 7.11. The number of nitrogens with zero attached hydrogens (tertiary/aromatic N) is 3. The van der Waals surface area contributed by atoms with Crippen molar-refractivity contribution in [3.63, 3.8) is 0 Å². The molecule has 0 atom stereocenters. The van der Waals surface area contributed by atoms with E-state index in [1.165, 1.54) is 0 Å². The molecule has 0 N–H and O–H groups in total. The summed E-state index contributed by atoms with van der Waals surface area (Å²) in [6.07, 6.45) is 0.382. The molecule has 0 saturated heterocycles. The quantitative estimate of drug-likeness (QED) is 0.821. The van der Waals surface area contributed by atoms with Crippen LogP contribution >= 0.6 is 0 Å². The zero-order valence-electron chi connectivity index (χ0n) is 13.7. The SMILES string of the molecule is Cc1nn(C)c(C)c1CC(=O)N(C)CCOc1ccccc1. The average Bonchev–Trinajstić information content (AvgIpc) is 2.74. The largest absolute Gasteiger partial charge is 0.492 e. The van der Waals surface area contributed by atoms with E-state index >= 15 is 0 Å². The molecule has 22 heavy (non-hydrogen) atoms. The zero-order chi connectivity index (χ0) is 16.1. The Morgan fingerprint density at radius 1 is 1.27 bits per heavy atom. The lowest BCUT2D eigenvalue weighted by atomic mass is 10.1. The Morgan fingerprint density at radius 2 is 1.95 bits per heavy atom. The van der Waals surface area contributed by atoms with Gasteiger partial charge < -0.3 is 9.64 Å². The van der Waals surface area contributed by atoms with Gasteiger partial charge in [-0.3, -0.25) is 9.48 Å². The van der Waals surface area contributed by atoms with Gasteiger partial charge in [0, 0.05) is 25.4 Å². The van der Waals surface area contributed by atoms with Gasteiger partial charge in [0.15, 0.2) is 0 Å². The van der Waals surface area contributed by atoms with Gasteiger partial charge in [0.25, 0.3) is 0 Å². The normalized spacial score (nSPS) is 10.5. The van der Waals surface area contributed by atoms with E-state index in [2.05, 4.69) is 5.10 Å². The Hall–Kier alpha value is -2.30. The second-order valence-electron chi connectivity index (χ2n) is 5.43. The number of hydrogen-bond acceptors (Lipinski definition) is 3. The third-order valence-electron chi connectivity index (χ3n) is 3.85. The molecule has 1 amide bonds. The van der Waals surface area contributed by atoms with Crippen LogP contribution in [0.15, 0.2) is 30.3 Å². The maximum atomic E-state index is 12.3. The number of aryl methyl sites for hydroxylation is 2. The van der Waals surface area contributed by atoms with E-state index < -0.39 is 0 Å². The smallest absolute Gasteiger partial charge is 0.226 e. The molecule has 1 aromatic carbocycles. The topological polar surface area (TPSA) is 47.4 Å².